The smallest absolute Gasteiger partial charge is 0.336 e. The summed E-state index contributed by atoms with van der Waals surface area (Å²) in [6.07, 6.45) is 0. The molecule has 0 unspecified atom stereocenters. The minimum Gasteiger partial charge on any atom is -0.478 e. The largest absolute Gasteiger partial charge is 0.478 e. The zero-order chi connectivity index (χ0) is 14.0. The summed E-state index contributed by atoms with van der Waals surface area (Å²) in [5.74, 6) is -3.29. The molecule has 1 amide bonds. The van der Waals surface area contributed by atoms with Gasteiger partial charge in [-0.05, 0) is 18.6 Å². The van der Waals surface area contributed by atoms with E-state index in [1.54, 1.807) is 0 Å². The van der Waals surface area contributed by atoms with Crippen LogP contribution in [0, 0.1) is 6.92 Å². The summed E-state index contributed by atoms with van der Waals surface area (Å²) >= 11 is 0. The van der Waals surface area contributed by atoms with E-state index in [9.17, 15) is 14.4 Å². The number of benzene rings is 1. The predicted molar refractivity (Wildman–Crippen MR) is 63.1 cm³/mol. The number of aryl methyl sites for hydroxylation is 1. The molecule has 0 bridgehead atoms. The van der Waals surface area contributed by atoms with Crippen molar-refractivity contribution < 1.29 is 24.6 Å². The number of amides is 1. The molecule has 1 aromatic rings. The summed E-state index contributed by atoms with van der Waals surface area (Å²) < 4.78 is 0. The number of nitrogens with zero attached hydrogens (tertiary/aromatic N) is 1. The molecule has 0 radical (unpaired) electrons. The van der Waals surface area contributed by atoms with E-state index in [4.69, 9.17) is 10.2 Å². The first-order valence-electron chi connectivity index (χ1n) is 5.09. The first-order valence-corrected chi connectivity index (χ1v) is 5.09. The van der Waals surface area contributed by atoms with Crippen LogP contribution in [0.2, 0.25) is 0 Å². The lowest BCUT2D eigenvalue weighted by atomic mass is 9.95. The zero-order valence-corrected chi connectivity index (χ0v) is 10.2. The quantitative estimate of drug-likeness (QED) is 0.838. The van der Waals surface area contributed by atoms with Gasteiger partial charge in [-0.25, -0.2) is 9.59 Å². The monoisotopic (exact) mass is 251 g/mol. The molecule has 1 aromatic carbocycles. The lowest BCUT2D eigenvalue weighted by Crippen LogP contribution is -2.27. The van der Waals surface area contributed by atoms with Crippen LogP contribution in [0.5, 0.6) is 0 Å². The van der Waals surface area contributed by atoms with Crippen LogP contribution >= 0.6 is 0 Å². The maximum Gasteiger partial charge on any atom is 0.336 e. The number of carboxylic acid groups (broad SMARTS) is 2. The zero-order valence-electron chi connectivity index (χ0n) is 10.2. The van der Waals surface area contributed by atoms with E-state index in [1.807, 2.05) is 0 Å². The Labute approximate surface area is 103 Å². The Morgan fingerprint density at radius 3 is 1.94 bits per heavy atom. The molecule has 0 fully saturated rings. The van der Waals surface area contributed by atoms with Gasteiger partial charge in [0.05, 0.1) is 16.7 Å². The minimum atomic E-state index is -1.33. The van der Waals surface area contributed by atoms with E-state index in [-0.39, 0.29) is 16.7 Å². The molecule has 0 aliphatic rings. The molecule has 0 aliphatic heterocycles. The van der Waals surface area contributed by atoms with Crippen LogP contribution in [0.25, 0.3) is 0 Å². The van der Waals surface area contributed by atoms with Crippen molar-refractivity contribution >= 4 is 17.8 Å². The van der Waals surface area contributed by atoms with Crippen molar-refractivity contribution in [3.05, 3.63) is 34.4 Å². The lowest BCUT2D eigenvalue weighted by Gasteiger charge is -2.16. The molecule has 96 valence electrons. The van der Waals surface area contributed by atoms with E-state index >= 15 is 0 Å². The summed E-state index contributed by atoms with van der Waals surface area (Å²) in [4.78, 5) is 35.3. The van der Waals surface area contributed by atoms with Crippen LogP contribution in [0.15, 0.2) is 12.1 Å². The highest BCUT2D eigenvalue weighted by molar-refractivity contribution is 6.12. The molecule has 0 saturated heterocycles. The van der Waals surface area contributed by atoms with Crippen molar-refractivity contribution in [2.45, 2.75) is 6.92 Å². The number of rotatable bonds is 3. The fourth-order valence-corrected chi connectivity index (χ4v) is 1.61. The maximum absolute atomic E-state index is 11.9. The maximum atomic E-state index is 11.9. The van der Waals surface area contributed by atoms with Crippen molar-refractivity contribution in [3.63, 3.8) is 0 Å². The van der Waals surface area contributed by atoms with E-state index in [0.717, 1.165) is 4.90 Å². The number of aromatic carboxylic acids is 2. The van der Waals surface area contributed by atoms with Gasteiger partial charge < -0.3 is 15.1 Å². The number of hydrogen-bond donors (Lipinski definition) is 2. The number of carbonyl (C=O) groups excluding carboxylic acids is 1. The Morgan fingerprint density at radius 2 is 1.56 bits per heavy atom. The van der Waals surface area contributed by atoms with Gasteiger partial charge >= 0.3 is 11.9 Å². The second kappa shape index (κ2) is 4.87. The summed E-state index contributed by atoms with van der Waals surface area (Å²) in [5, 5.41) is 18.1. The van der Waals surface area contributed by atoms with Crippen molar-refractivity contribution in [1.29, 1.82) is 0 Å². The molecule has 6 heteroatoms. The Kier molecular flexibility index (Phi) is 3.70. The predicted octanol–water partition coefficient (Wildman–Crippen LogP) is 1.09. The highest BCUT2D eigenvalue weighted by atomic mass is 16.4. The molecule has 0 atom stereocenters. The number of carboxylic acids is 2. The van der Waals surface area contributed by atoms with Gasteiger partial charge in [0.15, 0.2) is 0 Å². The third kappa shape index (κ3) is 2.32. The molecule has 0 saturated carbocycles. The molecular formula is C12H13NO5. The van der Waals surface area contributed by atoms with Crippen molar-refractivity contribution in [1.82, 2.24) is 4.90 Å². The molecule has 0 aliphatic carbocycles. The molecule has 0 heterocycles. The van der Waals surface area contributed by atoms with Crippen molar-refractivity contribution in [2.75, 3.05) is 14.1 Å². The van der Waals surface area contributed by atoms with E-state index < -0.39 is 17.8 Å². The van der Waals surface area contributed by atoms with Gasteiger partial charge in [0, 0.05) is 14.1 Å². The lowest BCUT2D eigenvalue weighted by molar-refractivity contribution is 0.0675. The second-order valence-corrected chi connectivity index (χ2v) is 3.99. The van der Waals surface area contributed by atoms with Crippen LogP contribution in [-0.4, -0.2) is 47.1 Å². The van der Waals surface area contributed by atoms with E-state index in [2.05, 4.69) is 0 Å². The van der Waals surface area contributed by atoms with Gasteiger partial charge in [-0.3, -0.25) is 4.79 Å². The molecule has 6 nitrogen and oxygen atoms in total. The summed E-state index contributed by atoms with van der Waals surface area (Å²) in [6.45, 7) is 1.52. The minimum absolute atomic E-state index is 0.270. The second-order valence-electron chi connectivity index (χ2n) is 3.99. The number of carbonyl (C=O) groups is 3. The normalized spacial score (nSPS) is 9.94. The van der Waals surface area contributed by atoms with Gasteiger partial charge in [-0.2, -0.15) is 0 Å². The highest BCUT2D eigenvalue weighted by Gasteiger charge is 2.26. The molecule has 0 aromatic heterocycles. The first kappa shape index (κ1) is 13.7. The number of hydrogen-bond acceptors (Lipinski definition) is 3. The van der Waals surface area contributed by atoms with Crippen molar-refractivity contribution in [2.24, 2.45) is 0 Å². The standard InChI is InChI=1S/C12H13NO5/c1-6-4-5-7(11(15)16)9(8(6)12(17)18)10(14)13(2)3/h4-5H,1-3H3,(H,15,16)(H,17,18). The molecule has 18 heavy (non-hydrogen) atoms. The van der Waals surface area contributed by atoms with Crippen LogP contribution in [0.3, 0.4) is 0 Å². The molecule has 1 rings (SSSR count). The SMILES string of the molecule is Cc1ccc(C(=O)O)c(C(=O)N(C)C)c1C(=O)O. The van der Waals surface area contributed by atoms with Crippen LogP contribution < -0.4 is 0 Å². The average Bonchev–Trinajstić information content (AvgIpc) is 2.26. The third-order valence-corrected chi connectivity index (χ3v) is 2.48. The van der Waals surface area contributed by atoms with Crippen molar-refractivity contribution in [3.8, 4) is 0 Å². The Morgan fingerprint density at radius 1 is 1.00 bits per heavy atom. The Balaban J connectivity index is 3.69. The van der Waals surface area contributed by atoms with Gasteiger partial charge in [0.2, 0.25) is 0 Å². The van der Waals surface area contributed by atoms with Crippen LogP contribution in [-0.2, 0) is 0 Å². The summed E-state index contributed by atoms with van der Waals surface area (Å²) in [6, 6.07) is 2.61. The van der Waals surface area contributed by atoms with Gasteiger partial charge in [0.25, 0.3) is 5.91 Å². The Hall–Kier alpha value is -2.37. The Bertz CT molecular complexity index is 534. The summed E-state index contributed by atoms with van der Waals surface area (Å²) in [5.41, 5.74) is -0.525. The fourth-order valence-electron chi connectivity index (χ4n) is 1.61. The fraction of sp³-hybridized carbons (Fsp3) is 0.250. The topological polar surface area (TPSA) is 94.9 Å². The van der Waals surface area contributed by atoms with E-state index in [1.165, 1.54) is 33.2 Å². The molecule has 2 N–H and O–H groups in total. The average molecular weight is 251 g/mol. The van der Waals surface area contributed by atoms with Gasteiger partial charge in [-0.15, -0.1) is 0 Å². The summed E-state index contributed by atoms with van der Waals surface area (Å²) in [7, 11) is 2.86. The van der Waals surface area contributed by atoms with E-state index in [0.29, 0.717) is 5.56 Å². The molecule has 0 spiro atoms. The molecular weight excluding hydrogens is 238 g/mol. The van der Waals surface area contributed by atoms with Crippen LogP contribution in [0.1, 0.15) is 36.6 Å². The first-order chi connectivity index (χ1) is 8.27. The third-order valence-electron chi connectivity index (χ3n) is 2.48. The van der Waals surface area contributed by atoms with Gasteiger partial charge in [-0.1, -0.05) is 6.07 Å². The van der Waals surface area contributed by atoms with Crippen LogP contribution in [0.4, 0.5) is 0 Å². The van der Waals surface area contributed by atoms with Gasteiger partial charge in [0.1, 0.15) is 0 Å². The highest BCUT2D eigenvalue weighted by Crippen LogP contribution is 2.21.